The van der Waals surface area contributed by atoms with Gasteiger partial charge in [0.05, 0.1) is 44.1 Å². The molecule has 5 heteroatoms. The van der Waals surface area contributed by atoms with E-state index < -0.39 is 0 Å². The Morgan fingerprint density at radius 2 is 0.857 bits per heavy atom. The predicted octanol–water partition coefficient (Wildman–Crippen LogP) is 14.9. The van der Waals surface area contributed by atoms with E-state index in [1.807, 2.05) is 6.07 Å². The van der Waals surface area contributed by atoms with Crippen LogP contribution in [-0.2, 0) is 0 Å². The Kier molecular flexibility index (Phi) is 7.05. The molecular formula is C58H35N5. The van der Waals surface area contributed by atoms with Crippen molar-refractivity contribution in [3.8, 4) is 28.5 Å². The smallest absolute Gasteiger partial charge is 0.165 e. The molecule has 0 fully saturated rings. The van der Waals surface area contributed by atoms with Gasteiger partial charge in [-0.25, -0.2) is 9.97 Å². The molecule has 0 unspecified atom stereocenters. The van der Waals surface area contributed by atoms with Crippen LogP contribution < -0.4 is 0 Å². The van der Waals surface area contributed by atoms with Crippen molar-refractivity contribution in [3.63, 3.8) is 0 Å². The molecule has 14 aromatic rings. The van der Waals surface area contributed by atoms with E-state index in [0.717, 1.165) is 61.4 Å². The van der Waals surface area contributed by atoms with Crippen molar-refractivity contribution < 1.29 is 0 Å². The second-order valence-corrected chi connectivity index (χ2v) is 16.6. The first kappa shape index (κ1) is 34.2. The number of fused-ring (bicyclic) bond motifs is 13. The van der Waals surface area contributed by atoms with Crippen LogP contribution in [0.15, 0.2) is 212 Å². The van der Waals surface area contributed by atoms with Gasteiger partial charge in [0.1, 0.15) is 5.69 Å². The number of nitrogens with zero attached hydrogens (tertiary/aromatic N) is 5. The minimum Gasteiger partial charge on any atom is -0.309 e. The third-order valence-electron chi connectivity index (χ3n) is 13.2. The lowest BCUT2D eigenvalue weighted by molar-refractivity contribution is 1.08. The molecule has 10 aromatic carbocycles. The van der Waals surface area contributed by atoms with E-state index in [2.05, 4.69) is 220 Å². The van der Waals surface area contributed by atoms with Crippen LogP contribution in [0.1, 0.15) is 0 Å². The Balaban J connectivity index is 1.09. The van der Waals surface area contributed by atoms with E-state index in [1.165, 1.54) is 65.0 Å². The molecule has 63 heavy (non-hydrogen) atoms. The van der Waals surface area contributed by atoms with E-state index in [4.69, 9.17) is 9.97 Å². The highest BCUT2D eigenvalue weighted by Crippen LogP contribution is 2.42. The minimum absolute atomic E-state index is 0.792. The van der Waals surface area contributed by atoms with Crippen molar-refractivity contribution in [1.82, 2.24) is 23.7 Å². The Morgan fingerprint density at radius 3 is 1.68 bits per heavy atom. The fourth-order valence-electron chi connectivity index (χ4n) is 10.4. The quantitative estimate of drug-likeness (QED) is 0.178. The standard InChI is InChI=1S/C58H35N5/c1-2-17-40(18-3-1)61-50-24-12-8-20-43(50)46-33-39(27-30-52(46)61)57-58(60-49-23-11-10-22-48(49)59-57)63-54-34-38-16-5-4-15-37(38)32-47(54)44-29-28-41(35-55(44)63)62-51-25-13-9-21-45(51)56-42-19-7-6-14-36(42)26-31-53(56)62/h1-35H. The molecule has 0 aliphatic heterocycles. The molecule has 0 radical (unpaired) electrons. The third kappa shape index (κ3) is 4.93. The topological polar surface area (TPSA) is 40.6 Å². The zero-order valence-electron chi connectivity index (χ0n) is 33.9. The number of hydrogen-bond acceptors (Lipinski definition) is 2. The van der Waals surface area contributed by atoms with Gasteiger partial charge in [0.2, 0.25) is 0 Å². The summed E-state index contributed by atoms with van der Waals surface area (Å²) in [5, 5.41) is 12.1. The lowest BCUT2D eigenvalue weighted by Gasteiger charge is -2.15. The first-order valence-corrected chi connectivity index (χ1v) is 21.5. The summed E-state index contributed by atoms with van der Waals surface area (Å²) in [6.45, 7) is 0. The molecule has 292 valence electrons. The highest BCUT2D eigenvalue weighted by atomic mass is 15.1. The Hall–Kier alpha value is -8.54. The highest BCUT2D eigenvalue weighted by molar-refractivity contribution is 6.22. The summed E-state index contributed by atoms with van der Waals surface area (Å²) >= 11 is 0. The van der Waals surface area contributed by atoms with Gasteiger partial charge >= 0.3 is 0 Å². The summed E-state index contributed by atoms with van der Waals surface area (Å²) in [4.78, 5) is 11.1. The van der Waals surface area contributed by atoms with Crippen LogP contribution in [0.3, 0.4) is 0 Å². The summed E-state index contributed by atoms with van der Waals surface area (Å²) in [6.07, 6.45) is 0. The van der Waals surface area contributed by atoms with Crippen molar-refractivity contribution >= 4 is 98.0 Å². The van der Waals surface area contributed by atoms with Gasteiger partial charge in [0.25, 0.3) is 0 Å². The maximum Gasteiger partial charge on any atom is 0.165 e. The van der Waals surface area contributed by atoms with Gasteiger partial charge in [0, 0.05) is 49.3 Å². The first-order chi connectivity index (χ1) is 31.2. The normalized spacial score (nSPS) is 12.1. The van der Waals surface area contributed by atoms with Crippen LogP contribution in [0.4, 0.5) is 0 Å². The van der Waals surface area contributed by atoms with E-state index in [0.29, 0.717) is 0 Å². The Bertz CT molecular complexity index is 4210. The summed E-state index contributed by atoms with van der Waals surface area (Å²) in [6, 6.07) is 76.6. The van der Waals surface area contributed by atoms with Gasteiger partial charge in [0.15, 0.2) is 5.82 Å². The lowest BCUT2D eigenvalue weighted by Crippen LogP contribution is -2.04. The highest BCUT2D eigenvalue weighted by Gasteiger charge is 2.23. The van der Waals surface area contributed by atoms with Gasteiger partial charge in [-0.2, -0.15) is 0 Å². The van der Waals surface area contributed by atoms with Crippen LogP contribution in [0, 0.1) is 0 Å². The van der Waals surface area contributed by atoms with Crippen molar-refractivity contribution in [1.29, 1.82) is 0 Å². The molecule has 4 heterocycles. The van der Waals surface area contributed by atoms with Crippen LogP contribution in [0.2, 0.25) is 0 Å². The molecule has 0 N–H and O–H groups in total. The second-order valence-electron chi connectivity index (χ2n) is 16.6. The molecule has 14 rings (SSSR count). The predicted molar refractivity (Wildman–Crippen MR) is 263 cm³/mol. The van der Waals surface area contributed by atoms with E-state index in [9.17, 15) is 0 Å². The average Bonchev–Trinajstić information content (AvgIpc) is 3.98. The summed E-state index contributed by atoms with van der Waals surface area (Å²) < 4.78 is 7.16. The van der Waals surface area contributed by atoms with Gasteiger partial charge in [-0.15, -0.1) is 0 Å². The molecule has 0 spiro atoms. The van der Waals surface area contributed by atoms with Crippen molar-refractivity contribution in [2.45, 2.75) is 0 Å². The van der Waals surface area contributed by atoms with Crippen LogP contribution in [-0.4, -0.2) is 23.7 Å². The van der Waals surface area contributed by atoms with E-state index in [-0.39, 0.29) is 0 Å². The monoisotopic (exact) mass is 801 g/mol. The van der Waals surface area contributed by atoms with Crippen molar-refractivity contribution in [2.24, 2.45) is 0 Å². The number of rotatable bonds is 4. The number of para-hydroxylation sites is 5. The zero-order chi connectivity index (χ0) is 41.2. The summed E-state index contributed by atoms with van der Waals surface area (Å²) in [7, 11) is 0. The maximum absolute atomic E-state index is 5.58. The largest absolute Gasteiger partial charge is 0.309 e. The zero-order valence-corrected chi connectivity index (χ0v) is 33.9. The minimum atomic E-state index is 0.792. The molecule has 0 saturated heterocycles. The Morgan fingerprint density at radius 1 is 0.286 bits per heavy atom. The SMILES string of the molecule is c1ccc(-n2c3ccccc3c3cc(-c4nc5ccccc5nc4-n4c5cc(-n6c7ccccc7c7c8ccccc8ccc76)ccc5c5cc6ccccc6cc54)ccc32)cc1. The third-order valence-corrected chi connectivity index (χ3v) is 13.2. The molecule has 0 atom stereocenters. The van der Waals surface area contributed by atoms with Crippen LogP contribution >= 0.6 is 0 Å². The number of benzene rings is 10. The average molecular weight is 802 g/mol. The number of hydrogen-bond donors (Lipinski definition) is 0. The molecule has 4 aromatic heterocycles. The van der Waals surface area contributed by atoms with Crippen molar-refractivity contribution in [2.75, 3.05) is 0 Å². The van der Waals surface area contributed by atoms with Gasteiger partial charge in [-0.1, -0.05) is 133 Å². The van der Waals surface area contributed by atoms with Crippen LogP contribution in [0.25, 0.3) is 126 Å². The fraction of sp³-hybridized carbons (Fsp3) is 0. The molecule has 0 saturated carbocycles. The molecule has 0 amide bonds. The van der Waals surface area contributed by atoms with Gasteiger partial charge in [-0.05, 0) is 100 Å². The van der Waals surface area contributed by atoms with E-state index >= 15 is 0 Å². The first-order valence-electron chi connectivity index (χ1n) is 21.5. The molecule has 0 bridgehead atoms. The lowest BCUT2D eigenvalue weighted by atomic mass is 10.0. The van der Waals surface area contributed by atoms with Gasteiger partial charge < -0.3 is 9.13 Å². The van der Waals surface area contributed by atoms with E-state index in [1.54, 1.807) is 0 Å². The summed E-state index contributed by atoms with van der Waals surface area (Å²) in [5.41, 5.74) is 12.6. The molecule has 0 aliphatic rings. The second kappa shape index (κ2) is 13.0. The van der Waals surface area contributed by atoms with Crippen molar-refractivity contribution in [3.05, 3.63) is 212 Å². The molecule has 0 aliphatic carbocycles. The summed E-state index contributed by atoms with van der Waals surface area (Å²) in [5.74, 6) is 0.792. The molecular weight excluding hydrogens is 767 g/mol. The number of aromatic nitrogens is 5. The molecule has 5 nitrogen and oxygen atoms in total. The van der Waals surface area contributed by atoms with Crippen LogP contribution in [0.5, 0.6) is 0 Å². The Labute approximate surface area is 360 Å². The fourth-order valence-corrected chi connectivity index (χ4v) is 10.4. The maximum atomic E-state index is 5.58. The van der Waals surface area contributed by atoms with Gasteiger partial charge in [-0.3, -0.25) is 4.57 Å².